The van der Waals surface area contributed by atoms with Gasteiger partial charge in [-0.15, -0.1) is 0 Å². The largest absolute Gasteiger partial charge is 0.370 e. The van der Waals surface area contributed by atoms with Crippen molar-refractivity contribution in [1.29, 1.82) is 5.41 Å². The Morgan fingerprint density at radius 2 is 1.86 bits per heavy atom. The van der Waals surface area contributed by atoms with E-state index in [-0.39, 0.29) is 18.4 Å². The molecule has 0 saturated carbocycles. The maximum absolute atomic E-state index is 12.8. The van der Waals surface area contributed by atoms with E-state index in [4.69, 9.17) is 11.1 Å². The van der Waals surface area contributed by atoms with Gasteiger partial charge in [0.2, 0.25) is 0 Å². The average Bonchev–Trinajstić information content (AvgIpc) is 3.01. The summed E-state index contributed by atoms with van der Waals surface area (Å²) in [4.78, 5) is 17.1. The summed E-state index contributed by atoms with van der Waals surface area (Å²) in [6.45, 7) is 0.274. The zero-order valence-electron chi connectivity index (χ0n) is 11.9. The molecule has 0 saturated heterocycles. The molecule has 0 atom stereocenters. The summed E-state index contributed by atoms with van der Waals surface area (Å²) in [6.07, 6.45) is 1.79. The summed E-state index contributed by atoms with van der Waals surface area (Å²) in [5.74, 6) is -0.539. The van der Waals surface area contributed by atoms with E-state index in [1.807, 2.05) is 48.5 Å². The number of aromatic nitrogens is 1. The summed E-state index contributed by atoms with van der Waals surface area (Å²) < 4.78 is 0. The predicted molar refractivity (Wildman–Crippen MR) is 86.5 cm³/mol. The summed E-state index contributed by atoms with van der Waals surface area (Å²) in [5, 5.41) is 8.55. The monoisotopic (exact) mass is 292 g/mol. The molecule has 1 aromatic heterocycles. The van der Waals surface area contributed by atoms with Crippen LogP contribution in [0.15, 0.2) is 60.8 Å². The molecule has 0 unspecified atom stereocenters. The molecule has 3 rings (SSSR count). The number of nitrogens with one attached hydrogen (secondary N) is 2. The van der Waals surface area contributed by atoms with Crippen molar-refractivity contribution in [2.24, 2.45) is 5.73 Å². The van der Waals surface area contributed by atoms with Crippen molar-refractivity contribution in [2.75, 3.05) is 0 Å². The first-order valence-corrected chi connectivity index (χ1v) is 6.93. The molecule has 0 fully saturated rings. The quantitative estimate of drug-likeness (QED) is 0.512. The highest BCUT2D eigenvalue weighted by Crippen LogP contribution is 2.20. The van der Waals surface area contributed by atoms with Gasteiger partial charge >= 0.3 is 0 Å². The number of nitrogens with zero attached hydrogens (tertiary/aromatic N) is 1. The molecule has 5 heteroatoms. The van der Waals surface area contributed by atoms with Crippen LogP contribution in [-0.2, 0) is 6.54 Å². The normalized spacial score (nSPS) is 10.5. The number of hydrogen-bond acceptors (Lipinski definition) is 2. The molecular formula is C17H16N4O. The third-order valence-electron chi connectivity index (χ3n) is 3.54. The fourth-order valence-electron chi connectivity index (χ4n) is 2.45. The number of H-pyrrole nitrogens is 1. The first-order valence-electron chi connectivity index (χ1n) is 6.93. The second-order valence-electron chi connectivity index (χ2n) is 5.01. The molecule has 4 N–H and O–H groups in total. The number of hydrogen-bond donors (Lipinski definition) is 3. The van der Waals surface area contributed by atoms with E-state index >= 15 is 0 Å². The fourth-order valence-corrected chi connectivity index (χ4v) is 2.45. The lowest BCUT2D eigenvalue weighted by Gasteiger charge is -2.21. The van der Waals surface area contributed by atoms with Crippen LogP contribution in [0.25, 0.3) is 10.9 Å². The Morgan fingerprint density at radius 1 is 1.09 bits per heavy atom. The van der Waals surface area contributed by atoms with Crippen LogP contribution in [0.4, 0.5) is 0 Å². The predicted octanol–water partition coefficient (Wildman–Crippen LogP) is 2.70. The van der Waals surface area contributed by atoms with Crippen LogP contribution < -0.4 is 5.73 Å². The zero-order valence-corrected chi connectivity index (χ0v) is 11.9. The van der Waals surface area contributed by atoms with Crippen LogP contribution in [0.2, 0.25) is 0 Å². The van der Waals surface area contributed by atoms with E-state index < -0.39 is 0 Å². The highest BCUT2D eigenvalue weighted by Gasteiger charge is 2.20. The van der Waals surface area contributed by atoms with Crippen molar-refractivity contribution in [3.8, 4) is 0 Å². The molecule has 0 aliphatic heterocycles. The second kappa shape index (κ2) is 5.73. The number of amides is 1. The maximum Gasteiger partial charge on any atom is 0.261 e. The molecule has 5 nitrogen and oxygen atoms in total. The molecule has 2 aromatic carbocycles. The number of guanidine groups is 1. The lowest BCUT2D eigenvalue weighted by atomic mass is 10.1. The highest BCUT2D eigenvalue weighted by molar-refractivity contribution is 6.11. The Hall–Kier alpha value is -3.08. The van der Waals surface area contributed by atoms with Gasteiger partial charge in [0.15, 0.2) is 5.96 Å². The van der Waals surface area contributed by atoms with Crippen molar-refractivity contribution in [1.82, 2.24) is 9.88 Å². The molecule has 0 aliphatic carbocycles. The van der Waals surface area contributed by atoms with Crippen molar-refractivity contribution in [2.45, 2.75) is 6.54 Å². The molecule has 1 amide bonds. The summed E-state index contributed by atoms with van der Waals surface area (Å²) >= 11 is 0. The highest BCUT2D eigenvalue weighted by atomic mass is 16.2. The summed E-state index contributed by atoms with van der Waals surface area (Å²) in [7, 11) is 0. The number of carbonyl (C=O) groups is 1. The Labute approximate surface area is 127 Å². The standard InChI is InChI=1S/C17H16N4O/c18-17(19)21(11-12-5-2-1-3-6-12)16(22)14-7-4-8-15-13(14)9-10-20-15/h1-10,20H,11H2,(H3,18,19). The Kier molecular flexibility index (Phi) is 3.62. The molecule has 1 heterocycles. The zero-order chi connectivity index (χ0) is 15.5. The third-order valence-corrected chi connectivity index (χ3v) is 3.54. The van der Waals surface area contributed by atoms with Crippen LogP contribution in [-0.4, -0.2) is 21.8 Å². The van der Waals surface area contributed by atoms with Gasteiger partial charge in [-0.1, -0.05) is 36.4 Å². The van der Waals surface area contributed by atoms with E-state index in [1.165, 1.54) is 4.90 Å². The van der Waals surface area contributed by atoms with Gasteiger partial charge in [0.05, 0.1) is 6.54 Å². The molecule has 0 aliphatic rings. The van der Waals surface area contributed by atoms with Gasteiger partial charge in [-0.25, -0.2) is 0 Å². The number of fused-ring (bicyclic) bond motifs is 1. The fraction of sp³-hybridized carbons (Fsp3) is 0.0588. The van der Waals surface area contributed by atoms with E-state index in [9.17, 15) is 4.79 Å². The van der Waals surface area contributed by atoms with E-state index in [2.05, 4.69) is 4.98 Å². The van der Waals surface area contributed by atoms with E-state index in [1.54, 1.807) is 12.3 Å². The average molecular weight is 292 g/mol. The summed E-state index contributed by atoms with van der Waals surface area (Å²) in [5.41, 5.74) is 7.96. The van der Waals surface area contributed by atoms with Gasteiger partial charge < -0.3 is 10.7 Å². The maximum atomic E-state index is 12.8. The van der Waals surface area contributed by atoms with E-state index in [0.29, 0.717) is 5.56 Å². The van der Waals surface area contributed by atoms with Gasteiger partial charge in [0, 0.05) is 22.7 Å². The SMILES string of the molecule is N=C(N)N(Cc1ccccc1)C(=O)c1cccc2[nH]ccc12. The lowest BCUT2D eigenvalue weighted by Crippen LogP contribution is -2.40. The molecule has 22 heavy (non-hydrogen) atoms. The van der Waals surface area contributed by atoms with Crippen LogP contribution in [0, 0.1) is 5.41 Å². The number of carbonyl (C=O) groups excluding carboxylic acids is 1. The first kappa shape index (κ1) is 13.9. The van der Waals surface area contributed by atoms with E-state index in [0.717, 1.165) is 16.5 Å². The third kappa shape index (κ3) is 2.56. The molecular weight excluding hydrogens is 276 g/mol. The topological polar surface area (TPSA) is 86.0 Å². The van der Waals surface area contributed by atoms with Gasteiger partial charge in [-0.05, 0) is 23.8 Å². The smallest absolute Gasteiger partial charge is 0.261 e. The number of nitrogens with two attached hydrogens (primary N) is 1. The second-order valence-corrected chi connectivity index (χ2v) is 5.01. The van der Waals surface area contributed by atoms with Crippen LogP contribution in [0.5, 0.6) is 0 Å². The van der Waals surface area contributed by atoms with Gasteiger partial charge in [-0.3, -0.25) is 15.1 Å². The minimum atomic E-state index is -0.276. The number of rotatable bonds is 3. The Morgan fingerprint density at radius 3 is 2.59 bits per heavy atom. The molecule has 0 bridgehead atoms. The van der Waals surface area contributed by atoms with Crippen molar-refractivity contribution >= 4 is 22.8 Å². The van der Waals surface area contributed by atoms with Gasteiger partial charge in [-0.2, -0.15) is 0 Å². The van der Waals surface area contributed by atoms with Crippen LogP contribution >= 0.6 is 0 Å². The summed E-state index contributed by atoms with van der Waals surface area (Å²) in [6, 6.07) is 16.8. The van der Waals surface area contributed by atoms with Gasteiger partial charge in [0.25, 0.3) is 5.91 Å². The number of aromatic amines is 1. The van der Waals surface area contributed by atoms with Crippen molar-refractivity contribution in [3.63, 3.8) is 0 Å². The molecule has 0 spiro atoms. The molecule has 3 aromatic rings. The van der Waals surface area contributed by atoms with Crippen LogP contribution in [0.3, 0.4) is 0 Å². The van der Waals surface area contributed by atoms with Crippen LogP contribution in [0.1, 0.15) is 15.9 Å². The minimum absolute atomic E-state index is 0.263. The Bertz CT molecular complexity index is 823. The minimum Gasteiger partial charge on any atom is -0.370 e. The molecule has 110 valence electrons. The Balaban J connectivity index is 1.96. The lowest BCUT2D eigenvalue weighted by molar-refractivity contribution is 0.0839. The van der Waals surface area contributed by atoms with Crippen molar-refractivity contribution in [3.05, 3.63) is 71.9 Å². The first-order chi connectivity index (χ1) is 10.7. The van der Waals surface area contributed by atoms with Crippen molar-refractivity contribution < 1.29 is 4.79 Å². The number of benzene rings is 2. The molecule has 0 radical (unpaired) electrons. The van der Waals surface area contributed by atoms with Gasteiger partial charge in [0.1, 0.15) is 0 Å².